The Hall–Kier alpha value is -1.06. The van der Waals surface area contributed by atoms with E-state index in [4.69, 9.17) is 28.4 Å². The molecule has 0 heterocycles. The molecule has 0 aliphatic rings. The van der Waals surface area contributed by atoms with E-state index in [9.17, 15) is 0 Å². The Kier molecular flexibility index (Phi) is 5.28. The van der Waals surface area contributed by atoms with Crippen LogP contribution in [0.25, 0.3) is 0 Å². The third-order valence-corrected chi connectivity index (χ3v) is 3.53. The quantitative estimate of drug-likeness (QED) is 0.535. The normalized spacial score (nSPS) is 13.4. The van der Waals surface area contributed by atoms with Crippen molar-refractivity contribution >= 4 is 23.6 Å². The van der Waals surface area contributed by atoms with Crippen LogP contribution in [-0.4, -0.2) is 4.10 Å². The summed E-state index contributed by atoms with van der Waals surface area (Å²) in [6.07, 6.45) is -0.338. The van der Waals surface area contributed by atoms with E-state index in [1.165, 1.54) is 5.56 Å². The highest BCUT2D eigenvalue weighted by molar-refractivity contribution is 6.32. The first kappa shape index (κ1) is 16.3. The Morgan fingerprint density at radius 3 is 1.86 bits per heavy atom. The molecule has 0 aliphatic carbocycles. The lowest BCUT2D eigenvalue weighted by Gasteiger charge is -2.22. The highest BCUT2D eigenvalue weighted by Gasteiger charge is 2.19. The summed E-state index contributed by atoms with van der Waals surface area (Å²) in [6.45, 7) is 6.56. The maximum Gasteiger partial charge on any atom is 0.132 e. The SMILES string of the molecule is CC(C)(C)c1ccc(C(ON(Cl)Cl)c2ccccc2)cc1. The molecule has 0 saturated carbocycles. The van der Waals surface area contributed by atoms with Crippen LogP contribution in [0.15, 0.2) is 54.6 Å². The van der Waals surface area contributed by atoms with Crippen LogP contribution in [0, 0.1) is 0 Å². The van der Waals surface area contributed by atoms with E-state index in [0.717, 1.165) is 11.1 Å². The monoisotopic (exact) mass is 323 g/mol. The van der Waals surface area contributed by atoms with Gasteiger partial charge in [0, 0.05) is 23.6 Å². The predicted molar refractivity (Wildman–Crippen MR) is 88.1 cm³/mol. The zero-order chi connectivity index (χ0) is 15.5. The Bertz CT molecular complexity index is 562. The van der Waals surface area contributed by atoms with E-state index < -0.39 is 0 Å². The van der Waals surface area contributed by atoms with Crippen LogP contribution in [-0.2, 0) is 10.3 Å². The van der Waals surface area contributed by atoms with Crippen molar-refractivity contribution in [2.75, 3.05) is 0 Å². The fourth-order valence-electron chi connectivity index (χ4n) is 2.18. The molecule has 0 fully saturated rings. The molecule has 4 heteroatoms. The van der Waals surface area contributed by atoms with Gasteiger partial charge in [-0.1, -0.05) is 75.4 Å². The molecule has 2 aromatic carbocycles. The summed E-state index contributed by atoms with van der Waals surface area (Å²) in [5.74, 6) is 0. The van der Waals surface area contributed by atoms with Gasteiger partial charge in [-0.15, -0.1) is 0 Å². The fraction of sp³-hybridized carbons (Fsp3) is 0.294. The van der Waals surface area contributed by atoms with Gasteiger partial charge < -0.3 is 0 Å². The van der Waals surface area contributed by atoms with Crippen LogP contribution in [0.5, 0.6) is 0 Å². The number of benzene rings is 2. The molecule has 0 radical (unpaired) electrons. The van der Waals surface area contributed by atoms with E-state index >= 15 is 0 Å². The van der Waals surface area contributed by atoms with Crippen LogP contribution < -0.4 is 0 Å². The summed E-state index contributed by atoms with van der Waals surface area (Å²) in [5.41, 5.74) is 3.38. The van der Waals surface area contributed by atoms with E-state index in [2.05, 4.69) is 45.0 Å². The second-order valence-corrected chi connectivity index (χ2v) is 6.76. The largest absolute Gasteiger partial charge is 0.256 e. The van der Waals surface area contributed by atoms with Gasteiger partial charge in [-0.25, -0.2) is 0 Å². The molecule has 2 rings (SSSR count). The molecule has 112 valence electrons. The van der Waals surface area contributed by atoms with Crippen molar-refractivity contribution in [2.24, 2.45) is 0 Å². The van der Waals surface area contributed by atoms with Crippen molar-refractivity contribution in [3.63, 3.8) is 0 Å². The molecule has 2 aromatic rings. The average Bonchev–Trinajstić information content (AvgIpc) is 2.45. The minimum Gasteiger partial charge on any atom is -0.256 e. The molecule has 0 saturated heterocycles. The highest BCUT2D eigenvalue weighted by atomic mass is 35.5. The molecular weight excluding hydrogens is 305 g/mol. The number of hydrogen-bond donors (Lipinski definition) is 0. The predicted octanol–water partition coefficient (Wildman–Crippen LogP) is 5.61. The number of rotatable bonds is 4. The first-order valence-electron chi connectivity index (χ1n) is 6.82. The zero-order valence-corrected chi connectivity index (χ0v) is 13.9. The van der Waals surface area contributed by atoms with Crippen molar-refractivity contribution in [1.29, 1.82) is 0 Å². The lowest BCUT2D eigenvalue weighted by molar-refractivity contribution is -0.0558. The van der Waals surface area contributed by atoms with Crippen molar-refractivity contribution in [1.82, 2.24) is 4.10 Å². The first-order valence-corrected chi connectivity index (χ1v) is 7.49. The number of hydrogen-bond acceptors (Lipinski definition) is 2. The molecular formula is C17H19Cl2NO. The van der Waals surface area contributed by atoms with E-state index in [1.807, 2.05) is 30.3 Å². The average molecular weight is 324 g/mol. The van der Waals surface area contributed by atoms with E-state index in [0.29, 0.717) is 4.10 Å². The van der Waals surface area contributed by atoms with Crippen LogP contribution in [0.1, 0.15) is 43.6 Å². The minimum atomic E-state index is -0.338. The lowest BCUT2D eigenvalue weighted by Crippen LogP contribution is -2.13. The number of halogens is 2. The van der Waals surface area contributed by atoms with Gasteiger partial charge in [0.25, 0.3) is 0 Å². The van der Waals surface area contributed by atoms with Crippen molar-refractivity contribution in [3.8, 4) is 0 Å². The van der Waals surface area contributed by atoms with Gasteiger partial charge in [0.1, 0.15) is 6.10 Å². The molecule has 0 N–H and O–H groups in total. The molecule has 0 spiro atoms. The van der Waals surface area contributed by atoms with Gasteiger partial charge >= 0.3 is 0 Å². The summed E-state index contributed by atoms with van der Waals surface area (Å²) in [7, 11) is 0. The Morgan fingerprint density at radius 1 is 0.857 bits per heavy atom. The second kappa shape index (κ2) is 6.80. The van der Waals surface area contributed by atoms with Crippen molar-refractivity contribution in [3.05, 3.63) is 71.3 Å². The summed E-state index contributed by atoms with van der Waals surface area (Å²) >= 11 is 11.3. The summed E-state index contributed by atoms with van der Waals surface area (Å²) in [4.78, 5) is 5.51. The molecule has 21 heavy (non-hydrogen) atoms. The topological polar surface area (TPSA) is 12.5 Å². The molecule has 0 aliphatic heterocycles. The molecule has 2 nitrogen and oxygen atoms in total. The van der Waals surface area contributed by atoms with Crippen LogP contribution in [0.3, 0.4) is 0 Å². The van der Waals surface area contributed by atoms with E-state index in [-0.39, 0.29) is 11.5 Å². The molecule has 0 bridgehead atoms. The lowest BCUT2D eigenvalue weighted by atomic mass is 9.86. The van der Waals surface area contributed by atoms with Gasteiger partial charge in [0.05, 0.1) is 0 Å². The zero-order valence-electron chi connectivity index (χ0n) is 12.4. The maximum absolute atomic E-state index is 5.65. The van der Waals surface area contributed by atoms with Crippen LogP contribution >= 0.6 is 23.6 Å². The second-order valence-electron chi connectivity index (χ2n) is 5.97. The summed E-state index contributed by atoms with van der Waals surface area (Å²) in [6, 6.07) is 18.2. The Balaban J connectivity index is 2.33. The molecule has 0 amide bonds. The summed E-state index contributed by atoms with van der Waals surface area (Å²) < 4.78 is 0.704. The van der Waals surface area contributed by atoms with Gasteiger partial charge in [-0.3, -0.25) is 4.84 Å². The number of nitrogens with zero attached hydrogens (tertiary/aromatic N) is 1. The van der Waals surface area contributed by atoms with Crippen molar-refractivity contribution in [2.45, 2.75) is 32.3 Å². The third kappa shape index (κ3) is 4.45. The first-order chi connectivity index (χ1) is 9.88. The highest BCUT2D eigenvalue weighted by Crippen LogP contribution is 2.30. The standard InChI is InChI=1S/C17H19Cl2NO/c1-17(2,3)15-11-9-14(10-12-15)16(21-20(18)19)13-7-5-4-6-8-13/h4-12,16H,1-3H3. The van der Waals surface area contributed by atoms with Gasteiger partial charge in [0.2, 0.25) is 0 Å². The van der Waals surface area contributed by atoms with Gasteiger partial charge in [-0.2, -0.15) is 0 Å². The van der Waals surface area contributed by atoms with E-state index in [1.54, 1.807) is 0 Å². The van der Waals surface area contributed by atoms with Gasteiger partial charge in [0.15, 0.2) is 0 Å². The molecule has 1 atom stereocenters. The van der Waals surface area contributed by atoms with Crippen LogP contribution in [0.4, 0.5) is 0 Å². The molecule has 0 aromatic heterocycles. The Morgan fingerprint density at radius 2 is 1.38 bits per heavy atom. The fourth-order valence-corrected chi connectivity index (χ4v) is 2.34. The Labute approximate surface area is 136 Å². The smallest absolute Gasteiger partial charge is 0.132 e. The third-order valence-electron chi connectivity index (χ3n) is 3.37. The van der Waals surface area contributed by atoms with Crippen molar-refractivity contribution < 1.29 is 4.84 Å². The summed E-state index contributed by atoms with van der Waals surface area (Å²) in [5, 5.41) is 0. The van der Waals surface area contributed by atoms with Crippen LogP contribution in [0.2, 0.25) is 0 Å². The molecule has 1 unspecified atom stereocenters. The van der Waals surface area contributed by atoms with Gasteiger partial charge in [-0.05, 0) is 26.2 Å². The minimum absolute atomic E-state index is 0.118. The maximum atomic E-state index is 5.65.